The molecule has 1 heterocycles. The van der Waals surface area contributed by atoms with Gasteiger partial charge in [-0.05, 0) is 6.92 Å². The first-order chi connectivity index (χ1) is 7.29. The van der Waals surface area contributed by atoms with Crippen LogP contribution < -0.4 is 5.73 Å². The monoisotopic (exact) mass is 199 g/mol. The van der Waals surface area contributed by atoms with E-state index in [1.165, 1.54) is 5.56 Å². The van der Waals surface area contributed by atoms with Crippen LogP contribution in [0.1, 0.15) is 11.3 Å². The highest BCUT2D eigenvalue weighted by Gasteiger charge is 2.00. The van der Waals surface area contributed by atoms with Gasteiger partial charge in [0.1, 0.15) is 0 Å². The third-order valence-corrected chi connectivity index (χ3v) is 2.24. The molecule has 0 aliphatic rings. The van der Waals surface area contributed by atoms with Crippen molar-refractivity contribution in [2.24, 2.45) is 5.73 Å². The average molecular weight is 199 g/mol. The summed E-state index contributed by atoms with van der Waals surface area (Å²) >= 11 is 0. The van der Waals surface area contributed by atoms with E-state index in [4.69, 9.17) is 5.73 Å². The minimum atomic E-state index is 0.423. The first kappa shape index (κ1) is 9.80. The third-order valence-electron chi connectivity index (χ3n) is 2.24. The lowest BCUT2D eigenvalue weighted by Crippen LogP contribution is -2.01. The SMILES string of the molecule is Cc1ccc(-c2cncc(CN)n2)cc1. The number of hydrogen-bond donors (Lipinski definition) is 1. The van der Waals surface area contributed by atoms with Crippen LogP contribution in [0.2, 0.25) is 0 Å². The van der Waals surface area contributed by atoms with Crippen LogP contribution >= 0.6 is 0 Å². The number of hydrogen-bond acceptors (Lipinski definition) is 3. The standard InChI is InChI=1S/C12H13N3/c1-9-2-4-10(5-3-9)12-8-14-7-11(6-13)15-12/h2-5,7-8H,6,13H2,1H3. The summed E-state index contributed by atoms with van der Waals surface area (Å²) in [6.07, 6.45) is 3.45. The van der Waals surface area contributed by atoms with E-state index >= 15 is 0 Å². The van der Waals surface area contributed by atoms with E-state index in [9.17, 15) is 0 Å². The highest BCUT2D eigenvalue weighted by atomic mass is 14.8. The molecular weight excluding hydrogens is 186 g/mol. The van der Waals surface area contributed by atoms with Gasteiger partial charge in [-0.3, -0.25) is 4.98 Å². The van der Waals surface area contributed by atoms with E-state index in [2.05, 4.69) is 29.0 Å². The molecule has 1 aromatic heterocycles. The van der Waals surface area contributed by atoms with Crippen LogP contribution in [0.5, 0.6) is 0 Å². The van der Waals surface area contributed by atoms with Gasteiger partial charge in [0, 0.05) is 18.3 Å². The minimum Gasteiger partial charge on any atom is -0.325 e. The summed E-state index contributed by atoms with van der Waals surface area (Å²) in [5, 5.41) is 0. The predicted octanol–water partition coefficient (Wildman–Crippen LogP) is 1.91. The van der Waals surface area contributed by atoms with Gasteiger partial charge in [-0.2, -0.15) is 0 Å². The Hall–Kier alpha value is -1.74. The summed E-state index contributed by atoms with van der Waals surface area (Å²) in [5.74, 6) is 0. The zero-order valence-corrected chi connectivity index (χ0v) is 8.64. The van der Waals surface area contributed by atoms with Crippen LogP contribution in [0.25, 0.3) is 11.3 Å². The van der Waals surface area contributed by atoms with Gasteiger partial charge in [-0.15, -0.1) is 0 Å². The number of benzene rings is 1. The lowest BCUT2D eigenvalue weighted by Gasteiger charge is -2.02. The Labute approximate surface area is 89.0 Å². The molecule has 3 heteroatoms. The molecule has 76 valence electrons. The maximum Gasteiger partial charge on any atom is 0.0889 e. The molecule has 2 rings (SSSR count). The average Bonchev–Trinajstić information content (AvgIpc) is 2.30. The van der Waals surface area contributed by atoms with Crippen molar-refractivity contribution < 1.29 is 0 Å². The summed E-state index contributed by atoms with van der Waals surface area (Å²) in [5.41, 5.74) is 9.51. The topological polar surface area (TPSA) is 51.8 Å². The van der Waals surface area contributed by atoms with Gasteiger partial charge in [0.2, 0.25) is 0 Å². The normalized spacial score (nSPS) is 10.3. The predicted molar refractivity (Wildman–Crippen MR) is 60.1 cm³/mol. The largest absolute Gasteiger partial charge is 0.325 e. The number of aromatic nitrogens is 2. The lowest BCUT2D eigenvalue weighted by molar-refractivity contribution is 0.967. The van der Waals surface area contributed by atoms with Gasteiger partial charge in [-0.25, -0.2) is 4.98 Å². The maximum atomic E-state index is 5.52. The van der Waals surface area contributed by atoms with E-state index in [0.717, 1.165) is 17.0 Å². The second-order valence-electron chi connectivity index (χ2n) is 3.47. The fourth-order valence-electron chi connectivity index (χ4n) is 1.37. The van der Waals surface area contributed by atoms with Gasteiger partial charge in [-0.1, -0.05) is 29.8 Å². The van der Waals surface area contributed by atoms with Crippen LogP contribution in [-0.4, -0.2) is 9.97 Å². The second kappa shape index (κ2) is 4.19. The summed E-state index contributed by atoms with van der Waals surface area (Å²) in [6, 6.07) is 8.21. The van der Waals surface area contributed by atoms with Gasteiger partial charge < -0.3 is 5.73 Å². The van der Waals surface area contributed by atoms with Crippen molar-refractivity contribution in [3.63, 3.8) is 0 Å². The molecule has 3 nitrogen and oxygen atoms in total. The third kappa shape index (κ3) is 2.19. The van der Waals surface area contributed by atoms with Crippen molar-refractivity contribution >= 4 is 0 Å². The van der Waals surface area contributed by atoms with E-state index in [0.29, 0.717) is 6.54 Å². The first-order valence-corrected chi connectivity index (χ1v) is 4.87. The molecule has 0 spiro atoms. The van der Waals surface area contributed by atoms with Gasteiger partial charge in [0.25, 0.3) is 0 Å². The molecule has 0 bridgehead atoms. The highest BCUT2D eigenvalue weighted by Crippen LogP contribution is 2.16. The number of aryl methyl sites for hydroxylation is 1. The van der Waals surface area contributed by atoms with Crippen molar-refractivity contribution in [3.8, 4) is 11.3 Å². The fourth-order valence-corrected chi connectivity index (χ4v) is 1.37. The molecule has 1 aromatic carbocycles. The summed E-state index contributed by atoms with van der Waals surface area (Å²) in [7, 11) is 0. The number of nitrogens with zero attached hydrogens (tertiary/aromatic N) is 2. The summed E-state index contributed by atoms with van der Waals surface area (Å²) < 4.78 is 0. The zero-order chi connectivity index (χ0) is 10.7. The maximum absolute atomic E-state index is 5.52. The molecule has 0 saturated carbocycles. The van der Waals surface area contributed by atoms with Gasteiger partial charge in [0.15, 0.2) is 0 Å². The Morgan fingerprint density at radius 3 is 2.53 bits per heavy atom. The Balaban J connectivity index is 2.40. The Bertz CT molecular complexity index is 449. The molecular formula is C12H13N3. The second-order valence-corrected chi connectivity index (χ2v) is 3.47. The summed E-state index contributed by atoms with van der Waals surface area (Å²) in [6.45, 7) is 2.48. The molecule has 0 radical (unpaired) electrons. The van der Waals surface area contributed by atoms with Crippen molar-refractivity contribution in [2.75, 3.05) is 0 Å². The number of nitrogens with two attached hydrogens (primary N) is 1. The molecule has 0 fully saturated rings. The Morgan fingerprint density at radius 1 is 1.13 bits per heavy atom. The van der Waals surface area contributed by atoms with Crippen LogP contribution in [0, 0.1) is 6.92 Å². The molecule has 0 aliphatic heterocycles. The Kier molecular flexibility index (Phi) is 2.74. The number of rotatable bonds is 2. The summed E-state index contributed by atoms with van der Waals surface area (Å²) in [4.78, 5) is 8.52. The van der Waals surface area contributed by atoms with Gasteiger partial charge >= 0.3 is 0 Å². The molecule has 0 aliphatic carbocycles. The molecule has 0 saturated heterocycles. The first-order valence-electron chi connectivity index (χ1n) is 4.87. The quantitative estimate of drug-likeness (QED) is 0.803. The van der Waals surface area contributed by atoms with E-state index < -0.39 is 0 Å². The van der Waals surface area contributed by atoms with E-state index in [1.807, 2.05) is 12.1 Å². The molecule has 2 N–H and O–H groups in total. The van der Waals surface area contributed by atoms with Crippen molar-refractivity contribution in [2.45, 2.75) is 13.5 Å². The van der Waals surface area contributed by atoms with E-state index in [-0.39, 0.29) is 0 Å². The molecule has 0 amide bonds. The molecule has 15 heavy (non-hydrogen) atoms. The van der Waals surface area contributed by atoms with Gasteiger partial charge in [0.05, 0.1) is 17.6 Å². The lowest BCUT2D eigenvalue weighted by atomic mass is 10.1. The van der Waals surface area contributed by atoms with Crippen molar-refractivity contribution in [1.29, 1.82) is 0 Å². The van der Waals surface area contributed by atoms with Crippen molar-refractivity contribution in [1.82, 2.24) is 9.97 Å². The van der Waals surface area contributed by atoms with Crippen LogP contribution in [0.3, 0.4) is 0 Å². The molecule has 0 atom stereocenters. The van der Waals surface area contributed by atoms with Crippen molar-refractivity contribution in [3.05, 3.63) is 47.9 Å². The molecule has 0 unspecified atom stereocenters. The van der Waals surface area contributed by atoms with Crippen LogP contribution in [0.15, 0.2) is 36.7 Å². The van der Waals surface area contributed by atoms with Crippen LogP contribution in [-0.2, 0) is 6.54 Å². The van der Waals surface area contributed by atoms with E-state index in [1.54, 1.807) is 12.4 Å². The zero-order valence-electron chi connectivity index (χ0n) is 8.64. The molecule has 2 aromatic rings. The smallest absolute Gasteiger partial charge is 0.0889 e. The highest BCUT2D eigenvalue weighted by molar-refractivity contribution is 5.58. The Morgan fingerprint density at radius 2 is 1.87 bits per heavy atom. The van der Waals surface area contributed by atoms with Crippen LogP contribution in [0.4, 0.5) is 0 Å². The minimum absolute atomic E-state index is 0.423. The fraction of sp³-hybridized carbons (Fsp3) is 0.167.